The summed E-state index contributed by atoms with van der Waals surface area (Å²) >= 11 is 6.12. The maximum Gasteiger partial charge on any atom is 0.146 e. The molecule has 1 spiro atoms. The van der Waals surface area contributed by atoms with Crippen LogP contribution in [0.4, 0.5) is 4.39 Å². The number of hydrogen-bond acceptors (Lipinski definition) is 2. The second-order valence-electron chi connectivity index (χ2n) is 8.73. The zero-order valence-electron chi connectivity index (χ0n) is 17.0. The van der Waals surface area contributed by atoms with E-state index < -0.39 is 0 Å². The molecule has 3 aromatic rings. The van der Waals surface area contributed by atoms with Crippen molar-refractivity contribution in [2.45, 2.75) is 45.2 Å². The van der Waals surface area contributed by atoms with Crippen LogP contribution in [-0.4, -0.2) is 29.5 Å². The molecule has 0 amide bonds. The van der Waals surface area contributed by atoms with Crippen molar-refractivity contribution in [3.63, 3.8) is 0 Å². The Labute approximate surface area is 176 Å². The van der Waals surface area contributed by atoms with Gasteiger partial charge in [-0.3, -0.25) is 4.90 Å². The number of aromatic nitrogens is 1. The molecule has 0 bridgehead atoms. The van der Waals surface area contributed by atoms with Crippen LogP contribution in [0.25, 0.3) is 10.9 Å². The molecule has 0 saturated carbocycles. The lowest BCUT2D eigenvalue weighted by atomic mass is 9.79. The number of halogens is 2. The Hall–Kier alpha value is -1.88. The van der Waals surface area contributed by atoms with Gasteiger partial charge in [-0.25, -0.2) is 4.39 Å². The Morgan fingerprint density at radius 1 is 1.14 bits per heavy atom. The lowest BCUT2D eigenvalue weighted by molar-refractivity contribution is 0.120. The van der Waals surface area contributed by atoms with E-state index >= 15 is 0 Å². The number of H-pyrrole nitrogens is 1. The van der Waals surface area contributed by atoms with E-state index in [1.165, 1.54) is 27.7 Å². The molecule has 2 aromatic carbocycles. The van der Waals surface area contributed by atoms with Crippen molar-refractivity contribution in [3.05, 3.63) is 69.1 Å². The van der Waals surface area contributed by atoms with E-state index in [2.05, 4.69) is 40.3 Å². The van der Waals surface area contributed by atoms with E-state index in [1.807, 2.05) is 19.1 Å². The normalized spacial score (nSPS) is 19.0. The minimum absolute atomic E-state index is 0.000470. The molecule has 5 heteroatoms. The van der Waals surface area contributed by atoms with Gasteiger partial charge in [0.15, 0.2) is 0 Å². The van der Waals surface area contributed by atoms with Crippen LogP contribution in [0.3, 0.4) is 0 Å². The van der Waals surface area contributed by atoms with Crippen molar-refractivity contribution >= 4 is 22.5 Å². The van der Waals surface area contributed by atoms with E-state index in [-0.39, 0.29) is 16.4 Å². The minimum atomic E-state index is -0.268. The van der Waals surface area contributed by atoms with E-state index in [0.717, 1.165) is 44.5 Å². The molecule has 5 rings (SSSR count). The third kappa shape index (κ3) is 3.18. The molecule has 2 aliphatic heterocycles. The van der Waals surface area contributed by atoms with Crippen LogP contribution >= 0.6 is 11.6 Å². The van der Waals surface area contributed by atoms with Crippen LogP contribution < -0.4 is 5.32 Å². The predicted molar refractivity (Wildman–Crippen MR) is 117 cm³/mol. The van der Waals surface area contributed by atoms with Gasteiger partial charge in [-0.1, -0.05) is 35.4 Å². The first-order valence-corrected chi connectivity index (χ1v) is 10.9. The van der Waals surface area contributed by atoms with Crippen molar-refractivity contribution in [2.24, 2.45) is 0 Å². The number of piperidine rings is 1. The van der Waals surface area contributed by atoms with Crippen LogP contribution in [0, 0.1) is 19.7 Å². The third-order valence-electron chi connectivity index (χ3n) is 6.84. The van der Waals surface area contributed by atoms with Crippen molar-refractivity contribution in [1.29, 1.82) is 0 Å². The Morgan fingerprint density at radius 3 is 2.72 bits per heavy atom. The van der Waals surface area contributed by atoms with Gasteiger partial charge in [0.1, 0.15) is 5.82 Å². The van der Waals surface area contributed by atoms with Gasteiger partial charge < -0.3 is 10.3 Å². The summed E-state index contributed by atoms with van der Waals surface area (Å²) in [5, 5.41) is 5.45. The van der Waals surface area contributed by atoms with Crippen LogP contribution in [0.5, 0.6) is 0 Å². The number of fused-ring (bicyclic) bond motifs is 4. The predicted octanol–water partition coefficient (Wildman–Crippen LogP) is 5.21. The molecule has 2 aliphatic rings. The molecule has 0 atom stereocenters. The molecule has 3 heterocycles. The number of nitrogens with zero attached hydrogens (tertiary/aromatic N) is 1. The summed E-state index contributed by atoms with van der Waals surface area (Å²) in [6, 6.07) is 10.5. The maximum absolute atomic E-state index is 14.5. The molecule has 152 valence electrons. The number of nitrogens with one attached hydrogen (secondary N) is 2. The van der Waals surface area contributed by atoms with Crippen LogP contribution in [0.15, 0.2) is 30.3 Å². The zero-order valence-corrected chi connectivity index (χ0v) is 17.8. The second-order valence-corrected chi connectivity index (χ2v) is 9.11. The molecule has 2 N–H and O–H groups in total. The van der Waals surface area contributed by atoms with Gasteiger partial charge in [-0.15, -0.1) is 0 Å². The van der Waals surface area contributed by atoms with Crippen molar-refractivity contribution in [2.75, 3.05) is 19.6 Å². The van der Waals surface area contributed by atoms with E-state index in [4.69, 9.17) is 11.6 Å². The van der Waals surface area contributed by atoms with Gasteiger partial charge in [-0.05, 0) is 56.4 Å². The first-order chi connectivity index (χ1) is 14.0. The monoisotopic (exact) mass is 411 g/mol. The Balaban J connectivity index is 1.38. The molecule has 0 aliphatic carbocycles. The van der Waals surface area contributed by atoms with E-state index in [9.17, 15) is 4.39 Å². The number of rotatable bonds is 2. The lowest BCUT2D eigenvalue weighted by Crippen LogP contribution is -2.54. The highest BCUT2D eigenvalue weighted by Crippen LogP contribution is 2.40. The summed E-state index contributed by atoms with van der Waals surface area (Å²) < 4.78 is 14.5. The molecular weight excluding hydrogens is 385 g/mol. The SMILES string of the molecule is Cc1ccc2[nH]c3c(c2c1)CCNC31CCN(Cc2ccc(C)c(Cl)c2F)CC1. The summed E-state index contributed by atoms with van der Waals surface area (Å²) in [4.78, 5) is 6.08. The summed E-state index contributed by atoms with van der Waals surface area (Å²) in [6.45, 7) is 7.49. The van der Waals surface area contributed by atoms with Gasteiger partial charge in [0.2, 0.25) is 0 Å². The number of benzene rings is 2. The summed E-state index contributed by atoms with van der Waals surface area (Å²) in [6.07, 6.45) is 3.11. The fourth-order valence-electron chi connectivity index (χ4n) is 5.11. The summed E-state index contributed by atoms with van der Waals surface area (Å²) in [5.74, 6) is -0.268. The van der Waals surface area contributed by atoms with Gasteiger partial charge in [-0.2, -0.15) is 0 Å². The highest BCUT2D eigenvalue weighted by molar-refractivity contribution is 6.31. The fourth-order valence-corrected chi connectivity index (χ4v) is 5.30. The summed E-state index contributed by atoms with van der Waals surface area (Å²) in [5.41, 5.74) is 6.87. The quantitative estimate of drug-likeness (QED) is 0.606. The van der Waals surface area contributed by atoms with Gasteiger partial charge >= 0.3 is 0 Å². The largest absolute Gasteiger partial charge is 0.357 e. The standard InChI is InChI=1S/C24H27ClFN3/c1-15-3-6-20-19(13-15)18-7-10-27-24(23(18)28-20)8-11-29(12-9-24)14-17-5-4-16(2)21(25)22(17)26/h3-6,13,27-28H,7-12,14H2,1-2H3. The Bertz CT molecular complexity index is 1080. The summed E-state index contributed by atoms with van der Waals surface area (Å²) in [7, 11) is 0. The molecule has 3 nitrogen and oxygen atoms in total. The number of hydrogen-bond donors (Lipinski definition) is 2. The molecule has 0 unspecified atom stereocenters. The number of aryl methyl sites for hydroxylation is 2. The van der Waals surface area contributed by atoms with Crippen LogP contribution in [0.1, 0.15) is 40.8 Å². The molecule has 1 fully saturated rings. The van der Waals surface area contributed by atoms with Gasteiger partial charge in [0, 0.05) is 48.3 Å². The first kappa shape index (κ1) is 19.1. The highest BCUT2D eigenvalue weighted by atomic mass is 35.5. The maximum atomic E-state index is 14.5. The molecule has 1 saturated heterocycles. The first-order valence-electron chi connectivity index (χ1n) is 10.5. The van der Waals surface area contributed by atoms with Crippen molar-refractivity contribution in [1.82, 2.24) is 15.2 Å². The fraction of sp³-hybridized carbons (Fsp3) is 0.417. The van der Waals surface area contributed by atoms with Crippen LogP contribution in [0.2, 0.25) is 5.02 Å². The zero-order chi connectivity index (χ0) is 20.2. The van der Waals surface area contributed by atoms with E-state index in [1.54, 1.807) is 0 Å². The minimum Gasteiger partial charge on any atom is -0.357 e. The highest BCUT2D eigenvalue weighted by Gasteiger charge is 2.41. The smallest absolute Gasteiger partial charge is 0.146 e. The van der Waals surface area contributed by atoms with Gasteiger partial charge in [0.25, 0.3) is 0 Å². The number of likely N-dealkylation sites (tertiary alicyclic amines) is 1. The number of aromatic amines is 1. The molecular formula is C24H27ClFN3. The molecule has 0 radical (unpaired) electrons. The lowest BCUT2D eigenvalue weighted by Gasteiger charge is -2.45. The third-order valence-corrected chi connectivity index (χ3v) is 7.30. The second kappa shape index (κ2) is 7.12. The van der Waals surface area contributed by atoms with Crippen molar-refractivity contribution in [3.8, 4) is 0 Å². The topological polar surface area (TPSA) is 31.1 Å². The molecule has 29 heavy (non-hydrogen) atoms. The molecule has 1 aromatic heterocycles. The average Bonchev–Trinajstić information content (AvgIpc) is 3.10. The Kier molecular flexibility index (Phi) is 4.69. The van der Waals surface area contributed by atoms with E-state index in [0.29, 0.717) is 12.1 Å². The average molecular weight is 412 g/mol. The Morgan fingerprint density at radius 2 is 1.93 bits per heavy atom. The van der Waals surface area contributed by atoms with Crippen LogP contribution in [-0.2, 0) is 18.5 Å². The van der Waals surface area contributed by atoms with Crippen molar-refractivity contribution < 1.29 is 4.39 Å². The van der Waals surface area contributed by atoms with Gasteiger partial charge in [0.05, 0.1) is 10.6 Å².